The fourth-order valence-corrected chi connectivity index (χ4v) is 3.79. The molecule has 0 saturated carbocycles. The van der Waals surface area contributed by atoms with E-state index in [4.69, 9.17) is 4.74 Å². The van der Waals surface area contributed by atoms with Gasteiger partial charge in [-0.25, -0.2) is 4.68 Å². The third-order valence-electron chi connectivity index (χ3n) is 5.50. The van der Waals surface area contributed by atoms with Gasteiger partial charge in [0.05, 0.1) is 13.2 Å². The summed E-state index contributed by atoms with van der Waals surface area (Å²) >= 11 is 0. The van der Waals surface area contributed by atoms with Gasteiger partial charge in [-0.3, -0.25) is 14.7 Å². The fraction of sp³-hybridized carbons (Fsp3) is 0.261. The van der Waals surface area contributed by atoms with Crippen molar-refractivity contribution in [3.8, 4) is 16.9 Å². The smallest absolute Gasteiger partial charge is 0.271 e. The summed E-state index contributed by atoms with van der Waals surface area (Å²) < 4.78 is 9.15. The van der Waals surface area contributed by atoms with Crippen molar-refractivity contribution >= 4 is 11.4 Å². The van der Waals surface area contributed by atoms with E-state index >= 15 is 0 Å². The van der Waals surface area contributed by atoms with Crippen LogP contribution in [-0.4, -0.2) is 69.4 Å². The molecule has 0 spiro atoms. The molecule has 5 rings (SSSR count). The first-order valence-corrected chi connectivity index (χ1v) is 10.4. The highest BCUT2D eigenvalue weighted by molar-refractivity contribution is 5.92. The minimum atomic E-state index is -0.163. The monoisotopic (exact) mass is 416 g/mol. The Bertz CT molecular complexity index is 1180. The quantitative estimate of drug-likeness (QED) is 0.522. The van der Waals surface area contributed by atoms with Crippen LogP contribution in [0.5, 0.6) is 0 Å². The molecule has 0 aliphatic carbocycles. The predicted octanol–water partition coefficient (Wildman–Crippen LogP) is 2.25. The zero-order valence-corrected chi connectivity index (χ0v) is 17.1. The highest BCUT2D eigenvalue weighted by atomic mass is 16.5. The van der Waals surface area contributed by atoms with Crippen LogP contribution in [0.25, 0.3) is 22.5 Å². The molecule has 1 N–H and O–H groups in total. The number of pyridine rings is 2. The number of fused-ring (bicyclic) bond motifs is 1. The summed E-state index contributed by atoms with van der Waals surface area (Å²) in [7, 11) is 0. The maximum absolute atomic E-state index is 12.5. The van der Waals surface area contributed by atoms with Crippen LogP contribution in [-0.2, 0) is 4.74 Å². The van der Waals surface area contributed by atoms with E-state index in [1.165, 1.54) is 0 Å². The lowest BCUT2D eigenvalue weighted by atomic mass is 10.1. The van der Waals surface area contributed by atoms with Crippen molar-refractivity contribution in [2.45, 2.75) is 0 Å². The van der Waals surface area contributed by atoms with Gasteiger partial charge in [-0.15, -0.1) is 0 Å². The maximum Gasteiger partial charge on any atom is 0.271 e. The number of ether oxygens (including phenoxy) is 1. The lowest BCUT2D eigenvalue weighted by Gasteiger charge is -2.26. The first kappa shape index (κ1) is 19.5. The van der Waals surface area contributed by atoms with Crippen LogP contribution in [0.1, 0.15) is 10.5 Å². The van der Waals surface area contributed by atoms with Crippen molar-refractivity contribution in [3.05, 3.63) is 72.9 Å². The van der Waals surface area contributed by atoms with Gasteiger partial charge >= 0.3 is 0 Å². The number of carbonyl (C=O) groups is 1. The zero-order valence-electron chi connectivity index (χ0n) is 17.1. The molecule has 5 heterocycles. The van der Waals surface area contributed by atoms with Crippen LogP contribution in [0.3, 0.4) is 0 Å². The Balaban J connectivity index is 1.31. The second kappa shape index (κ2) is 8.71. The largest absolute Gasteiger partial charge is 0.379 e. The van der Waals surface area contributed by atoms with Crippen LogP contribution >= 0.6 is 0 Å². The molecule has 1 aliphatic rings. The van der Waals surface area contributed by atoms with Crippen molar-refractivity contribution in [1.29, 1.82) is 0 Å². The molecule has 31 heavy (non-hydrogen) atoms. The maximum atomic E-state index is 12.5. The lowest BCUT2D eigenvalue weighted by Crippen LogP contribution is -2.41. The van der Waals surface area contributed by atoms with Gasteiger partial charge in [-0.2, -0.15) is 5.10 Å². The van der Waals surface area contributed by atoms with E-state index in [-0.39, 0.29) is 5.91 Å². The number of nitrogens with zero attached hydrogens (tertiary/aromatic N) is 5. The molecule has 4 aromatic rings. The Morgan fingerprint density at radius 1 is 1.06 bits per heavy atom. The van der Waals surface area contributed by atoms with Crippen molar-refractivity contribution in [3.63, 3.8) is 0 Å². The van der Waals surface area contributed by atoms with Crippen molar-refractivity contribution in [1.82, 2.24) is 29.4 Å². The highest BCUT2D eigenvalue weighted by Gasteiger charge is 2.14. The molecule has 0 radical (unpaired) electrons. The van der Waals surface area contributed by atoms with E-state index in [0.717, 1.165) is 55.3 Å². The Morgan fingerprint density at radius 2 is 1.94 bits per heavy atom. The Hall–Kier alpha value is -3.49. The molecule has 0 atom stereocenters. The molecule has 158 valence electrons. The minimum Gasteiger partial charge on any atom is -0.379 e. The van der Waals surface area contributed by atoms with Crippen molar-refractivity contribution in [2.24, 2.45) is 0 Å². The lowest BCUT2D eigenvalue weighted by molar-refractivity contribution is 0.0383. The molecule has 1 fully saturated rings. The number of carbonyl (C=O) groups excluding carboxylic acids is 1. The predicted molar refractivity (Wildman–Crippen MR) is 117 cm³/mol. The summed E-state index contributed by atoms with van der Waals surface area (Å²) in [6.07, 6.45) is 7.48. The van der Waals surface area contributed by atoms with Crippen LogP contribution in [0, 0.1) is 0 Å². The molecule has 8 heteroatoms. The minimum absolute atomic E-state index is 0.163. The second-order valence-corrected chi connectivity index (χ2v) is 7.50. The van der Waals surface area contributed by atoms with E-state index < -0.39 is 0 Å². The highest BCUT2D eigenvalue weighted by Crippen LogP contribution is 2.22. The third-order valence-corrected chi connectivity index (χ3v) is 5.50. The molecule has 0 aromatic carbocycles. The number of morpholine rings is 1. The van der Waals surface area contributed by atoms with Crippen LogP contribution < -0.4 is 5.32 Å². The second-order valence-electron chi connectivity index (χ2n) is 7.50. The summed E-state index contributed by atoms with van der Waals surface area (Å²) in [5.41, 5.74) is 3.56. The molecule has 1 amide bonds. The van der Waals surface area contributed by atoms with Gasteiger partial charge in [0.1, 0.15) is 5.82 Å². The summed E-state index contributed by atoms with van der Waals surface area (Å²) in [6, 6.07) is 13.9. The average molecular weight is 416 g/mol. The summed E-state index contributed by atoms with van der Waals surface area (Å²) in [4.78, 5) is 19.0. The number of hydrogen-bond acceptors (Lipinski definition) is 5. The molecule has 0 unspecified atom stereocenters. The third kappa shape index (κ3) is 4.21. The first-order valence-electron chi connectivity index (χ1n) is 10.4. The van der Waals surface area contributed by atoms with Gasteiger partial charge in [0.25, 0.3) is 5.91 Å². The zero-order chi connectivity index (χ0) is 21.0. The number of amides is 1. The van der Waals surface area contributed by atoms with Gasteiger partial charge < -0.3 is 14.5 Å². The van der Waals surface area contributed by atoms with Gasteiger partial charge in [-0.1, -0.05) is 12.1 Å². The van der Waals surface area contributed by atoms with Crippen LogP contribution in [0.4, 0.5) is 0 Å². The topological polar surface area (TPSA) is 76.7 Å². The normalized spacial score (nSPS) is 14.7. The molecule has 4 aromatic heterocycles. The Labute approximate surface area is 180 Å². The van der Waals surface area contributed by atoms with Gasteiger partial charge in [0, 0.05) is 62.0 Å². The van der Waals surface area contributed by atoms with Gasteiger partial charge in [-0.05, 0) is 35.9 Å². The Morgan fingerprint density at radius 3 is 2.77 bits per heavy atom. The number of aromatic nitrogens is 4. The molecule has 1 aliphatic heterocycles. The standard InChI is InChI=1S/C23H24N6O2/c30-23(25-9-11-27-12-14-31-15-13-27)21-7-10-29(26-21)22-6-5-20-4-3-19(17-28(20)22)18-2-1-8-24-16-18/h1-8,10,16-17H,9,11-15H2,(H,25,30). The molecular weight excluding hydrogens is 392 g/mol. The van der Waals surface area contributed by atoms with Crippen molar-refractivity contribution < 1.29 is 9.53 Å². The molecule has 8 nitrogen and oxygen atoms in total. The van der Waals surface area contributed by atoms with E-state index in [0.29, 0.717) is 12.2 Å². The van der Waals surface area contributed by atoms with Crippen LogP contribution in [0.2, 0.25) is 0 Å². The summed E-state index contributed by atoms with van der Waals surface area (Å²) in [6.45, 7) is 4.74. The number of hydrogen-bond donors (Lipinski definition) is 1. The fourth-order valence-electron chi connectivity index (χ4n) is 3.79. The van der Waals surface area contributed by atoms with Gasteiger partial charge in [0.2, 0.25) is 0 Å². The number of rotatable bonds is 6. The SMILES string of the molecule is O=C(NCCN1CCOCC1)c1ccn(-c2ccc3ccc(-c4cccnc4)cn23)n1. The van der Waals surface area contributed by atoms with Crippen molar-refractivity contribution in [2.75, 3.05) is 39.4 Å². The van der Waals surface area contributed by atoms with E-state index in [2.05, 4.69) is 43.0 Å². The molecular formula is C23H24N6O2. The molecule has 1 saturated heterocycles. The van der Waals surface area contributed by atoms with E-state index in [1.807, 2.05) is 36.7 Å². The summed E-state index contributed by atoms with van der Waals surface area (Å²) in [5, 5.41) is 7.47. The molecule has 0 bridgehead atoms. The average Bonchev–Trinajstić information content (AvgIpc) is 3.47. The number of nitrogens with one attached hydrogen (secondary N) is 1. The van der Waals surface area contributed by atoms with E-state index in [1.54, 1.807) is 16.9 Å². The Kier molecular flexibility index (Phi) is 5.47. The summed E-state index contributed by atoms with van der Waals surface area (Å²) in [5.74, 6) is 0.706. The first-order chi connectivity index (χ1) is 15.3. The van der Waals surface area contributed by atoms with Crippen LogP contribution in [0.15, 0.2) is 67.3 Å². The van der Waals surface area contributed by atoms with Gasteiger partial charge in [0.15, 0.2) is 5.69 Å². The van der Waals surface area contributed by atoms with E-state index in [9.17, 15) is 4.79 Å².